The highest BCUT2D eigenvalue weighted by Gasteiger charge is 2.24. The van der Waals surface area contributed by atoms with Crippen LogP contribution in [0.25, 0.3) is 89.2 Å². The van der Waals surface area contributed by atoms with E-state index in [4.69, 9.17) is 23.8 Å². The van der Waals surface area contributed by atoms with Gasteiger partial charge in [-0.25, -0.2) is 15.0 Å². The van der Waals surface area contributed by atoms with Crippen molar-refractivity contribution in [1.82, 2.24) is 15.0 Å². The SMILES string of the molecule is Bc1c(B)c(B)c(-c2nc(-c3c(B)c(B)c(B)c(B)c3B)nc(-c3cccc4oc5c(-c6cccc7c6oc6ccccc67)cccc5c34)n2)c(B)c1B. The lowest BCUT2D eigenvalue weighted by molar-refractivity contribution is 0.665. The Morgan fingerprint density at radius 3 is 1.30 bits per heavy atom. The molecule has 9 aromatic rings. The largest absolute Gasteiger partial charge is 0.455 e. The summed E-state index contributed by atoms with van der Waals surface area (Å²) < 4.78 is 13.3. The fourth-order valence-electron chi connectivity index (χ4n) is 8.60. The summed E-state index contributed by atoms with van der Waals surface area (Å²) in [4.78, 5) is 16.1. The zero-order chi connectivity index (χ0) is 37.7. The van der Waals surface area contributed by atoms with Crippen LogP contribution in [0.2, 0.25) is 0 Å². The summed E-state index contributed by atoms with van der Waals surface area (Å²) in [5, 5.41) is 4.16. The molecule has 0 unspecified atom stereocenters. The monoisotopic (exact) mass is 685 g/mol. The van der Waals surface area contributed by atoms with E-state index in [-0.39, 0.29) is 0 Å². The van der Waals surface area contributed by atoms with Crippen molar-refractivity contribution >= 4 is 177 Å². The van der Waals surface area contributed by atoms with Crippen molar-refractivity contribution in [3.8, 4) is 45.3 Å². The zero-order valence-electron chi connectivity index (χ0n) is 32.7. The first-order valence-electron chi connectivity index (χ1n) is 18.7. The van der Waals surface area contributed by atoms with Crippen molar-refractivity contribution in [1.29, 1.82) is 0 Å². The summed E-state index contributed by atoms with van der Waals surface area (Å²) in [6, 6.07) is 27.1. The second-order valence-electron chi connectivity index (χ2n) is 15.0. The molecule has 0 radical (unpaired) electrons. The molecule has 15 heteroatoms. The van der Waals surface area contributed by atoms with Gasteiger partial charge in [-0.3, -0.25) is 0 Å². The molecular formula is C39H33B10N3O2. The molecular weight excluding hydrogens is 651 g/mol. The minimum Gasteiger partial charge on any atom is -0.455 e. The summed E-state index contributed by atoms with van der Waals surface area (Å²) in [7, 11) is 22.0. The van der Waals surface area contributed by atoms with Crippen LogP contribution in [-0.2, 0) is 0 Å². The van der Waals surface area contributed by atoms with E-state index in [0.29, 0.717) is 17.5 Å². The molecule has 0 fully saturated rings. The van der Waals surface area contributed by atoms with Crippen molar-refractivity contribution in [2.75, 3.05) is 0 Å². The summed E-state index contributed by atoms with van der Waals surface area (Å²) >= 11 is 0. The highest BCUT2D eigenvalue weighted by atomic mass is 16.3. The maximum absolute atomic E-state index is 6.81. The number of fused-ring (bicyclic) bond motifs is 6. The smallest absolute Gasteiger partial charge is 0.164 e. The normalized spacial score (nSPS) is 11.7. The number of hydrogen-bond donors (Lipinski definition) is 0. The number of rotatable bonds is 4. The van der Waals surface area contributed by atoms with E-state index in [0.717, 1.165) is 71.7 Å². The van der Waals surface area contributed by atoms with Crippen LogP contribution in [0.1, 0.15) is 0 Å². The Hall–Kier alpha value is -5.42. The maximum atomic E-state index is 6.81. The lowest BCUT2D eigenvalue weighted by Gasteiger charge is -2.22. The van der Waals surface area contributed by atoms with E-state index in [2.05, 4.69) is 133 Å². The van der Waals surface area contributed by atoms with Crippen molar-refractivity contribution in [3.63, 3.8) is 0 Å². The Labute approximate surface area is 323 Å². The number of para-hydroxylation sites is 3. The van der Waals surface area contributed by atoms with Crippen LogP contribution < -0.4 is 54.6 Å². The van der Waals surface area contributed by atoms with Gasteiger partial charge in [0.05, 0.1) is 0 Å². The van der Waals surface area contributed by atoms with E-state index in [9.17, 15) is 0 Å². The molecule has 6 aromatic carbocycles. The van der Waals surface area contributed by atoms with Gasteiger partial charge in [0.1, 0.15) is 101 Å². The summed E-state index contributed by atoms with van der Waals surface area (Å²) in [6.07, 6.45) is 0. The van der Waals surface area contributed by atoms with Crippen molar-refractivity contribution in [2.45, 2.75) is 0 Å². The number of aromatic nitrogens is 3. The number of furan rings is 2. The number of nitrogens with zero attached hydrogens (tertiary/aromatic N) is 3. The zero-order valence-corrected chi connectivity index (χ0v) is 32.7. The Morgan fingerprint density at radius 2 is 0.722 bits per heavy atom. The highest BCUT2D eigenvalue weighted by molar-refractivity contribution is 6.70. The molecule has 0 N–H and O–H groups in total. The summed E-state index contributed by atoms with van der Waals surface area (Å²) in [6.45, 7) is 0. The molecule has 0 atom stereocenters. The molecule has 0 aliphatic rings. The average molecular weight is 684 g/mol. The van der Waals surface area contributed by atoms with Crippen molar-refractivity contribution in [3.05, 3.63) is 78.9 Å². The van der Waals surface area contributed by atoms with E-state index in [1.807, 2.05) is 24.3 Å². The number of benzene rings is 6. The third-order valence-electron chi connectivity index (χ3n) is 12.5. The van der Waals surface area contributed by atoms with Gasteiger partial charge in [0.2, 0.25) is 0 Å². The molecule has 246 valence electrons. The van der Waals surface area contributed by atoms with Gasteiger partial charge in [-0.2, -0.15) is 0 Å². The van der Waals surface area contributed by atoms with Gasteiger partial charge in [-0.05, 0) is 12.1 Å². The first-order chi connectivity index (χ1) is 26.0. The molecule has 3 aromatic heterocycles. The molecule has 54 heavy (non-hydrogen) atoms. The predicted octanol–water partition coefficient (Wildman–Crippen LogP) is -7.08. The second-order valence-corrected chi connectivity index (χ2v) is 15.0. The van der Waals surface area contributed by atoms with Crippen LogP contribution in [0.5, 0.6) is 0 Å². The molecule has 0 bridgehead atoms. The molecule has 3 heterocycles. The first kappa shape index (κ1) is 34.4. The number of hydrogen-bond acceptors (Lipinski definition) is 5. The first-order valence-corrected chi connectivity index (χ1v) is 18.7. The predicted molar refractivity (Wildman–Crippen MR) is 258 cm³/mol. The van der Waals surface area contributed by atoms with E-state index in [1.54, 1.807) is 0 Å². The van der Waals surface area contributed by atoms with Crippen molar-refractivity contribution < 1.29 is 8.83 Å². The molecule has 0 saturated heterocycles. The van der Waals surface area contributed by atoms with Crippen LogP contribution in [0.4, 0.5) is 0 Å². The molecule has 5 nitrogen and oxygen atoms in total. The second kappa shape index (κ2) is 12.6. The fourth-order valence-corrected chi connectivity index (χ4v) is 8.60. The van der Waals surface area contributed by atoms with E-state index >= 15 is 0 Å². The van der Waals surface area contributed by atoms with Crippen LogP contribution in [0, 0.1) is 0 Å². The molecule has 0 aliphatic heterocycles. The van der Waals surface area contributed by atoms with Crippen LogP contribution >= 0.6 is 0 Å². The Bertz CT molecular complexity index is 2940. The van der Waals surface area contributed by atoms with Gasteiger partial charge in [-0.1, -0.05) is 88.6 Å². The van der Waals surface area contributed by atoms with Crippen molar-refractivity contribution in [2.24, 2.45) is 0 Å². The van der Waals surface area contributed by atoms with Crippen LogP contribution in [0.3, 0.4) is 0 Å². The molecule has 0 saturated carbocycles. The minimum absolute atomic E-state index is 0.623. The van der Waals surface area contributed by atoms with Crippen LogP contribution in [-0.4, -0.2) is 93.4 Å². The third kappa shape index (κ3) is 4.97. The minimum atomic E-state index is 0.623. The van der Waals surface area contributed by atoms with Crippen LogP contribution in [0.15, 0.2) is 87.7 Å². The van der Waals surface area contributed by atoms with Gasteiger partial charge in [0.25, 0.3) is 0 Å². The lowest BCUT2D eigenvalue weighted by atomic mass is 9.60. The highest BCUT2D eigenvalue weighted by Crippen LogP contribution is 2.43. The molecule has 9 rings (SSSR count). The quantitative estimate of drug-likeness (QED) is 0.173. The molecule has 0 amide bonds. The fraction of sp³-hybridized carbons (Fsp3) is 0. The van der Waals surface area contributed by atoms with E-state index < -0.39 is 0 Å². The summed E-state index contributed by atoms with van der Waals surface area (Å²) in [5.74, 6) is 2.00. The van der Waals surface area contributed by atoms with Gasteiger partial charge in [0.15, 0.2) is 17.5 Å². The summed E-state index contributed by atoms with van der Waals surface area (Å²) in [5.41, 5.74) is 20.8. The Kier molecular flexibility index (Phi) is 8.00. The molecule has 0 aliphatic carbocycles. The topological polar surface area (TPSA) is 65.0 Å². The van der Waals surface area contributed by atoms with Gasteiger partial charge < -0.3 is 8.83 Å². The molecule has 0 spiro atoms. The third-order valence-corrected chi connectivity index (χ3v) is 12.5. The standard InChI is InChI=1S/C39H33B10N3O2/c40-25-23(26(41)30(45)33(48)29(25)44)38-50-37(51-39(52-38)24-27(42)31(46)34(49)32(47)28(24)43)19-11-5-13-21-22(19)18-10-4-9-17(36(18)54-21)16-8-3-7-15-14-6-1-2-12-20(14)53-35(15)16/h1-13H,40-49H2. The van der Waals surface area contributed by atoms with Gasteiger partial charge in [0, 0.05) is 49.4 Å². The maximum Gasteiger partial charge on any atom is 0.164 e. The van der Waals surface area contributed by atoms with Gasteiger partial charge >= 0.3 is 0 Å². The van der Waals surface area contributed by atoms with Gasteiger partial charge in [-0.15, -0.1) is 32.8 Å². The Balaban J connectivity index is 1.34. The Morgan fingerprint density at radius 1 is 0.333 bits per heavy atom. The van der Waals surface area contributed by atoms with E-state index in [1.165, 1.54) is 54.6 Å². The lowest BCUT2D eigenvalue weighted by Crippen LogP contribution is -2.55. The average Bonchev–Trinajstić information content (AvgIpc) is 3.77.